The van der Waals surface area contributed by atoms with Gasteiger partial charge in [-0.2, -0.15) is 4.37 Å². The van der Waals surface area contributed by atoms with Crippen LogP contribution in [0.2, 0.25) is 0 Å². The number of nitrogens with one attached hydrogen (secondary N) is 1. The highest BCUT2D eigenvalue weighted by Gasteiger charge is 2.23. The summed E-state index contributed by atoms with van der Waals surface area (Å²) >= 11 is 2.62. The Hall–Kier alpha value is -1.19. The van der Waals surface area contributed by atoms with Crippen molar-refractivity contribution >= 4 is 43.5 Å². The number of aromatic nitrogens is 2. The third-order valence-corrected chi connectivity index (χ3v) is 6.09. The molecule has 0 radical (unpaired) electrons. The summed E-state index contributed by atoms with van der Waals surface area (Å²) in [5.74, 6) is 0.0605. The third-order valence-electron chi connectivity index (χ3n) is 2.43. The van der Waals surface area contributed by atoms with E-state index in [-0.39, 0.29) is 16.5 Å². The van der Waals surface area contributed by atoms with E-state index in [0.29, 0.717) is 11.5 Å². The van der Waals surface area contributed by atoms with E-state index in [4.69, 9.17) is 5.73 Å². The lowest BCUT2D eigenvalue weighted by Crippen LogP contribution is -2.09. The van der Waals surface area contributed by atoms with Gasteiger partial charge in [-0.15, -0.1) is 11.3 Å². The number of nitrogens with two attached hydrogens (primary N) is 1. The minimum atomic E-state index is -3.37. The van der Waals surface area contributed by atoms with Gasteiger partial charge < -0.3 is 11.1 Å². The molecule has 0 aliphatic carbocycles. The fraction of sp³-hybridized carbons (Fsp3) is 0.400. The molecule has 0 unspecified atom stereocenters. The number of sulfone groups is 1. The van der Waals surface area contributed by atoms with Crippen LogP contribution in [0.5, 0.6) is 0 Å². The normalized spacial score (nSPS) is 11.7. The van der Waals surface area contributed by atoms with E-state index < -0.39 is 9.84 Å². The Morgan fingerprint density at radius 3 is 2.79 bits per heavy atom. The monoisotopic (exact) mass is 318 g/mol. The molecule has 0 atom stereocenters. The van der Waals surface area contributed by atoms with Crippen LogP contribution < -0.4 is 11.1 Å². The van der Waals surface area contributed by atoms with Crippen LogP contribution in [0.1, 0.15) is 16.8 Å². The molecule has 0 amide bonds. The Labute approximate surface area is 119 Å². The second-order valence-corrected chi connectivity index (χ2v) is 8.16. The van der Waals surface area contributed by atoms with Crippen molar-refractivity contribution in [2.45, 2.75) is 25.3 Å². The summed E-state index contributed by atoms with van der Waals surface area (Å²) in [6.07, 6.45) is 1.78. The highest BCUT2D eigenvalue weighted by Crippen LogP contribution is 2.32. The molecule has 2 rings (SSSR count). The van der Waals surface area contributed by atoms with E-state index in [0.717, 1.165) is 21.4 Å². The number of hydrogen-bond acceptors (Lipinski definition) is 8. The summed E-state index contributed by atoms with van der Waals surface area (Å²) in [6.45, 7) is 4.02. The molecule has 0 aromatic carbocycles. The molecule has 0 saturated carbocycles. The lowest BCUT2D eigenvalue weighted by molar-refractivity contribution is 0.598. The first-order valence-corrected chi connectivity index (χ1v) is 8.81. The zero-order valence-corrected chi connectivity index (χ0v) is 13.0. The zero-order valence-electron chi connectivity index (χ0n) is 10.5. The molecule has 104 valence electrons. The van der Waals surface area contributed by atoms with Gasteiger partial charge in [0.1, 0.15) is 14.9 Å². The highest BCUT2D eigenvalue weighted by atomic mass is 32.2. The van der Waals surface area contributed by atoms with Gasteiger partial charge in [0, 0.05) is 11.1 Å². The number of thiazole rings is 1. The van der Waals surface area contributed by atoms with Crippen LogP contribution in [0.4, 0.5) is 10.8 Å². The summed E-state index contributed by atoms with van der Waals surface area (Å²) in [7, 11) is -3.37. The maximum Gasteiger partial charge on any atom is 0.184 e. The van der Waals surface area contributed by atoms with E-state index >= 15 is 0 Å². The molecule has 9 heteroatoms. The second kappa shape index (κ2) is 5.43. The quantitative estimate of drug-likeness (QED) is 0.873. The van der Waals surface area contributed by atoms with E-state index in [2.05, 4.69) is 14.7 Å². The van der Waals surface area contributed by atoms with Gasteiger partial charge in [0.25, 0.3) is 0 Å². The minimum absolute atomic E-state index is 0.000648. The highest BCUT2D eigenvalue weighted by molar-refractivity contribution is 7.91. The van der Waals surface area contributed by atoms with Gasteiger partial charge in [-0.3, -0.25) is 0 Å². The van der Waals surface area contributed by atoms with Crippen LogP contribution in [-0.2, 0) is 16.4 Å². The first-order chi connectivity index (χ1) is 8.94. The molecule has 6 nitrogen and oxygen atoms in total. The number of nitrogens with zero attached hydrogens (tertiary/aromatic N) is 2. The minimum Gasteiger partial charge on any atom is -0.382 e. The lowest BCUT2D eigenvalue weighted by atomic mass is 10.5. The predicted molar refractivity (Wildman–Crippen MR) is 78.4 cm³/mol. The molecule has 0 saturated heterocycles. The Kier molecular flexibility index (Phi) is 4.07. The van der Waals surface area contributed by atoms with E-state index in [1.165, 1.54) is 0 Å². The summed E-state index contributed by atoms with van der Waals surface area (Å²) < 4.78 is 27.8. The summed E-state index contributed by atoms with van der Waals surface area (Å²) in [5, 5.41) is 4.42. The average Bonchev–Trinajstić information content (AvgIpc) is 2.93. The molecule has 0 spiro atoms. The van der Waals surface area contributed by atoms with Gasteiger partial charge in [-0.25, -0.2) is 13.4 Å². The van der Waals surface area contributed by atoms with E-state index in [1.54, 1.807) is 24.5 Å². The Balaban J connectivity index is 2.22. The number of rotatable bonds is 5. The van der Waals surface area contributed by atoms with Gasteiger partial charge in [0.05, 0.1) is 12.3 Å². The third kappa shape index (κ3) is 3.04. The molecule has 0 fully saturated rings. The molecule has 0 bridgehead atoms. The number of anilines is 2. The van der Waals surface area contributed by atoms with Crippen LogP contribution in [0.15, 0.2) is 11.1 Å². The summed E-state index contributed by atoms with van der Waals surface area (Å²) in [4.78, 5) is 5.43. The maximum absolute atomic E-state index is 12.0. The van der Waals surface area contributed by atoms with Gasteiger partial charge in [0.15, 0.2) is 15.7 Å². The Morgan fingerprint density at radius 1 is 1.47 bits per heavy atom. The topological polar surface area (TPSA) is 98.0 Å². The second-order valence-electron chi connectivity index (χ2n) is 3.85. The first kappa shape index (κ1) is 14.2. The molecule has 0 aliphatic heterocycles. The van der Waals surface area contributed by atoms with Crippen LogP contribution in [0.25, 0.3) is 0 Å². The molecule has 19 heavy (non-hydrogen) atoms. The largest absolute Gasteiger partial charge is 0.382 e. The fourth-order valence-corrected chi connectivity index (χ4v) is 4.38. The van der Waals surface area contributed by atoms with Gasteiger partial charge in [0.2, 0.25) is 0 Å². The van der Waals surface area contributed by atoms with Crippen molar-refractivity contribution in [3.05, 3.63) is 16.1 Å². The molecule has 2 aromatic rings. The SMILES string of the molecule is CCS(=O)(=O)c1c(N)nsc1NCc1ncc(C)s1. The number of aryl methyl sites for hydroxylation is 1. The van der Waals surface area contributed by atoms with Gasteiger partial charge >= 0.3 is 0 Å². The van der Waals surface area contributed by atoms with Gasteiger partial charge in [-0.05, 0) is 18.5 Å². The zero-order chi connectivity index (χ0) is 14.0. The predicted octanol–water partition coefficient (Wildman–Crippen LogP) is 1.90. The smallest absolute Gasteiger partial charge is 0.184 e. The standard InChI is InChI=1S/C10H14N4O2S3/c1-3-19(15,16)8-9(11)14-18-10(8)13-5-7-12-4-6(2)17-7/h4,13H,3,5H2,1-2H3,(H2,11,14). The molecule has 0 aliphatic rings. The van der Waals surface area contributed by atoms with Crippen LogP contribution in [0.3, 0.4) is 0 Å². The van der Waals surface area contributed by atoms with Crippen molar-refractivity contribution in [2.24, 2.45) is 0 Å². The molecular formula is C10H14N4O2S3. The lowest BCUT2D eigenvalue weighted by Gasteiger charge is -2.05. The van der Waals surface area contributed by atoms with Crippen LogP contribution in [-0.4, -0.2) is 23.5 Å². The Bertz CT molecular complexity index is 675. The van der Waals surface area contributed by atoms with Crippen LogP contribution >= 0.6 is 22.9 Å². The number of nitrogen functional groups attached to an aromatic ring is 1. The van der Waals surface area contributed by atoms with Crippen molar-refractivity contribution in [1.29, 1.82) is 0 Å². The van der Waals surface area contributed by atoms with Crippen molar-refractivity contribution < 1.29 is 8.42 Å². The number of hydrogen-bond donors (Lipinski definition) is 2. The van der Waals surface area contributed by atoms with E-state index in [1.807, 2.05) is 6.92 Å². The first-order valence-electron chi connectivity index (χ1n) is 5.57. The van der Waals surface area contributed by atoms with Crippen molar-refractivity contribution in [3.63, 3.8) is 0 Å². The van der Waals surface area contributed by atoms with Crippen molar-refractivity contribution in [1.82, 2.24) is 9.36 Å². The maximum atomic E-state index is 12.0. The molecule has 2 heterocycles. The molecule has 3 N–H and O–H groups in total. The molecule has 2 aromatic heterocycles. The molecular weight excluding hydrogens is 304 g/mol. The van der Waals surface area contributed by atoms with Crippen molar-refractivity contribution in [3.8, 4) is 0 Å². The average molecular weight is 318 g/mol. The summed E-state index contributed by atoms with van der Waals surface area (Å²) in [6, 6.07) is 0. The van der Waals surface area contributed by atoms with E-state index in [9.17, 15) is 8.42 Å². The fourth-order valence-electron chi connectivity index (χ4n) is 1.49. The van der Waals surface area contributed by atoms with Crippen molar-refractivity contribution in [2.75, 3.05) is 16.8 Å². The van der Waals surface area contributed by atoms with Crippen LogP contribution in [0, 0.1) is 6.92 Å². The van der Waals surface area contributed by atoms with Gasteiger partial charge in [-0.1, -0.05) is 6.92 Å². The Morgan fingerprint density at radius 2 is 2.21 bits per heavy atom. The summed E-state index contributed by atoms with van der Waals surface area (Å²) in [5.41, 5.74) is 5.64.